The van der Waals surface area contributed by atoms with E-state index in [2.05, 4.69) is 22.1 Å². The first-order chi connectivity index (χ1) is 9.72. The average molecular weight is 274 g/mol. The Morgan fingerprint density at radius 2 is 2.10 bits per heavy atom. The number of aliphatic imine (C=N–C) groups is 1. The van der Waals surface area contributed by atoms with E-state index in [1.165, 1.54) is 0 Å². The summed E-state index contributed by atoms with van der Waals surface area (Å²) < 4.78 is 5.16. The predicted molar refractivity (Wildman–Crippen MR) is 82.8 cm³/mol. The van der Waals surface area contributed by atoms with E-state index in [-0.39, 0.29) is 6.17 Å². The van der Waals surface area contributed by atoms with Crippen LogP contribution < -0.4 is 15.8 Å². The van der Waals surface area contributed by atoms with E-state index in [0.717, 1.165) is 30.8 Å². The third kappa shape index (κ3) is 3.66. The Kier molecular flexibility index (Phi) is 4.87. The van der Waals surface area contributed by atoms with Crippen molar-refractivity contribution in [3.63, 3.8) is 0 Å². The second kappa shape index (κ2) is 6.84. The minimum atomic E-state index is 0.0347. The molecule has 1 heterocycles. The van der Waals surface area contributed by atoms with Gasteiger partial charge in [0.2, 0.25) is 0 Å². The van der Waals surface area contributed by atoms with Crippen LogP contribution in [0.5, 0.6) is 5.75 Å². The molecule has 5 nitrogen and oxygen atoms in total. The second-order valence-electron chi connectivity index (χ2n) is 4.75. The van der Waals surface area contributed by atoms with E-state index in [1.807, 2.05) is 36.7 Å². The summed E-state index contributed by atoms with van der Waals surface area (Å²) in [5.41, 5.74) is 6.82. The molecule has 2 rings (SSSR count). The van der Waals surface area contributed by atoms with Crippen LogP contribution in [0.2, 0.25) is 0 Å². The lowest BCUT2D eigenvalue weighted by molar-refractivity contribution is 0.379. The SMILES string of the molecule is CCCCN1C=NC(N)=CC1Nc1ccc(OC)cc1. The van der Waals surface area contributed by atoms with Crippen molar-refractivity contribution in [3.05, 3.63) is 36.2 Å². The molecule has 0 bridgehead atoms. The van der Waals surface area contributed by atoms with Gasteiger partial charge in [0, 0.05) is 18.3 Å². The lowest BCUT2D eigenvalue weighted by Crippen LogP contribution is -2.41. The Bertz CT molecular complexity index is 481. The number of hydrogen-bond donors (Lipinski definition) is 2. The highest BCUT2D eigenvalue weighted by molar-refractivity contribution is 5.61. The number of nitrogens with two attached hydrogens (primary N) is 1. The quantitative estimate of drug-likeness (QED) is 0.836. The lowest BCUT2D eigenvalue weighted by Gasteiger charge is -2.31. The standard InChI is InChI=1S/C15H22N4O/c1-3-4-9-19-11-17-14(16)10-15(19)18-12-5-7-13(20-2)8-6-12/h5-8,10-11,15,18H,3-4,9,16H2,1-2H3. The summed E-state index contributed by atoms with van der Waals surface area (Å²) in [6, 6.07) is 7.85. The fraction of sp³-hybridized carbons (Fsp3) is 0.400. The third-order valence-electron chi connectivity index (χ3n) is 3.22. The van der Waals surface area contributed by atoms with Gasteiger partial charge < -0.3 is 20.7 Å². The lowest BCUT2D eigenvalue weighted by atomic mass is 10.2. The van der Waals surface area contributed by atoms with Gasteiger partial charge in [-0.2, -0.15) is 0 Å². The van der Waals surface area contributed by atoms with Gasteiger partial charge in [0.1, 0.15) is 17.7 Å². The van der Waals surface area contributed by atoms with Crippen molar-refractivity contribution in [2.24, 2.45) is 10.7 Å². The maximum atomic E-state index is 5.79. The van der Waals surface area contributed by atoms with E-state index in [0.29, 0.717) is 5.82 Å². The summed E-state index contributed by atoms with van der Waals surface area (Å²) >= 11 is 0. The predicted octanol–water partition coefficient (Wildman–Crippen LogP) is 2.38. The zero-order valence-corrected chi connectivity index (χ0v) is 12.0. The molecule has 20 heavy (non-hydrogen) atoms. The average Bonchev–Trinajstić information content (AvgIpc) is 2.47. The number of anilines is 1. The molecule has 0 aliphatic carbocycles. The molecule has 0 saturated heterocycles. The first-order valence-corrected chi connectivity index (χ1v) is 6.90. The number of unbranched alkanes of at least 4 members (excludes halogenated alkanes) is 1. The minimum absolute atomic E-state index is 0.0347. The topological polar surface area (TPSA) is 62.9 Å². The Balaban J connectivity index is 2.05. The van der Waals surface area contributed by atoms with Crippen molar-refractivity contribution in [3.8, 4) is 5.75 Å². The van der Waals surface area contributed by atoms with E-state index in [4.69, 9.17) is 10.5 Å². The van der Waals surface area contributed by atoms with Crippen molar-refractivity contribution in [2.75, 3.05) is 19.0 Å². The van der Waals surface area contributed by atoms with Crippen molar-refractivity contribution in [1.29, 1.82) is 0 Å². The smallest absolute Gasteiger partial charge is 0.124 e. The minimum Gasteiger partial charge on any atom is -0.497 e. The van der Waals surface area contributed by atoms with E-state index < -0.39 is 0 Å². The van der Waals surface area contributed by atoms with Crippen molar-refractivity contribution in [1.82, 2.24) is 4.90 Å². The third-order valence-corrected chi connectivity index (χ3v) is 3.22. The molecule has 0 saturated carbocycles. The van der Waals surface area contributed by atoms with Crippen LogP contribution in [0, 0.1) is 0 Å². The molecule has 1 aliphatic rings. The van der Waals surface area contributed by atoms with Crippen LogP contribution in [-0.2, 0) is 0 Å². The maximum absolute atomic E-state index is 5.79. The highest BCUT2D eigenvalue weighted by atomic mass is 16.5. The first kappa shape index (κ1) is 14.2. The fourth-order valence-electron chi connectivity index (χ4n) is 2.03. The normalized spacial score (nSPS) is 17.8. The summed E-state index contributed by atoms with van der Waals surface area (Å²) in [7, 11) is 1.66. The highest BCUT2D eigenvalue weighted by Crippen LogP contribution is 2.18. The largest absolute Gasteiger partial charge is 0.497 e. The van der Waals surface area contributed by atoms with Crippen LogP contribution in [0.25, 0.3) is 0 Å². The van der Waals surface area contributed by atoms with E-state index >= 15 is 0 Å². The van der Waals surface area contributed by atoms with Crippen LogP contribution >= 0.6 is 0 Å². The van der Waals surface area contributed by atoms with Crippen molar-refractivity contribution in [2.45, 2.75) is 25.9 Å². The van der Waals surface area contributed by atoms with Gasteiger partial charge in [-0.15, -0.1) is 0 Å². The molecule has 0 spiro atoms. The Morgan fingerprint density at radius 1 is 1.35 bits per heavy atom. The number of ether oxygens (including phenoxy) is 1. The number of rotatable bonds is 6. The maximum Gasteiger partial charge on any atom is 0.124 e. The summed E-state index contributed by atoms with van der Waals surface area (Å²) in [5.74, 6) is 1.39. The Hall–Kier alpha value is -2.17. The molecule has 3 N–H and O–H groups in total. The molecule has 0 amide bonds. The number of benzene rings is 1. The fourth-order valence-corrected chi connectivity index (χ4v) is 2.03. The van der Waals surface area contributed by atoms with Gasteiger partial charge in [-0.3, -0.25) is 0 Å². The summed E-state index contributed by atoms with van der Waals surface area (Å²) in [6.07, 6.45) is 6.05. The molecule has 108 valence electrons. The Labute approximate surface area is 120 Å². The summed E-state index contributed by atoms with van der Waals surface area (Å²) in [4.78, 5) is 6.32. The molecule has 1 unspecified atom stereocenters. The van der Waals surface area contributed by atoms with Crippen LogP contribution in [0.4, 0.5) is 5.69 Å². The molecule has 1 aromatic rings. The Morgan fingerprint density at radius 3 is 2.75 bits per heavy atom. The van der Waals surface area contributed by atoms with Gasteiger partial charge in [0.05, 0.1) is 13.4 Å². The molecule has 1 atom stereocenters. The molecule has 5 heteroatoms. The van der Waals surface area contributed by atoms with E-state index in [9.17, 15) is 0 Å². The monoisotopic (exact) mass is 274 g/mol. The van der Waals surface area contributed by atoms with Crippen LogP contribution in [0.1, 0.15) is 19.8 Å². The zero-order valence-electron chi connectivity index (χ0n) is 12.0. The van der Waals surface area contributed by atoms with Gasteiger partial charge in [0.15, 0.2) is 0 Å². The van der Waals surface area contributed by atoms with Gasteiger partial charge in [-0.05, 0) is 30.7 Å². The molecular formula is C15H22N4O. The van der Waals surface area contributed by atoms with Crippen molar-refractivity contribution >= 4 is 12.0 Å². The second-order valence-corrected chi connectivity index (χ2v) is 4.75. The molecule has 0 radical (unpaired) electrons. The molecule has 0 aromatic heterocycles. The van der Waals surface area contributed by atoms with Crippen LogP contribution in [0.15, 0.2) is 41.2 Å². The number of nitrogens with zero attached hydrogens (tertiary/aromatic N) is 2. The van der Waals surface area contributed by atoms with Gasteiger partial charge in [-0.1, -0.05) is 13.3 Å². The zero-order chi connectivity index (χ0) is 14.4. The van der Waals surface area contributed by atoms with Gasteiger partial charge in [-0.25, -0.2) is 4.99 Å². The van der Waals surface area contributed by atoms with Crippen LogP contribution in [0.3, 0.4) is 0 Å². The summed E-state index contributed by atoms with van der Waals surface area (Å²) in [6.45, 7) is 3.13. The molecule has 0 fully saturated rings. The van der Waals surface area contributed by atoms with Gasteiger partial charge in [0.25, 0.3) is 0 Å². The number of hydrogen-bond acceptors (Lipinski definition) is 5. The molecular weight excluding hydrogens is 252 g/mol. The highest BCUT2D eigenvalue weighted by Gasteiger charge is 2.16. The van der Waals surface area contributed by atoms with Gasteiger partial charge >= 0.3 is 0 Å². The number of methoxy groups -OCH3 is 1. The van der Waals surface area contributed by atoms with Crippen molar-refractivity contribution < 1.29 is 4.74 Å². The molecule has 1 aromatic carbocycles. The first-order valence-electron chi connectivity index (χ1n) is 6.90. The molecule has 1 aliphatic heterocycles. The summed E-state index contributed by atoms with van der Waals surface area (Å²) in [5, 5.41) is 3.44. The van der Waals surface area contributed by atoms with Crippen LogP contribution in [-0.4, -0.2) is 31.1 Å². The van der Waals surface area contributed by atoms with E-state index in [1.54, 1.807) is 7.11 Å². The number of nitrogens with one attached hydrogen (secondary N) is 1.